The second kappa shape index (κ2) is 6.31. The Labute approximate surface area is 150 Å². The van der Waals surface area contributed by atoms with E-state index >= 15 is 0 Å². The van der Waals surface area contributed by atoms with Gasteiger partial charge in [0.1, 0.15) is 0 Å². The number of carbonyl (C=O) groups is 1. The Bertz CT molecular complexity index is 716. The predicted molar refractivity (Wildman–Crippen MR) is 94.1 cm³/mol. The van der Waals surface area contributed by atoms with Gasteiger partial charge < -0.3 is 0 Å². The number of hydrogen-bond donors (Lipinski definition) is 0. The number of fused-ring (bicyclic) bond motifs is 1. The van der Waals surface area contributed by atoms with E-state index in [2.05, 4.69) is 0 Å². The molecule has 0 atom stereocenters. The van der Waals surface area contributed by atoms with Crippen molar-refractivity contribution in [3.05, 3.63) is 53.1 Å². The van der Waals surface area contributed by atoms with Crippen molar-refractivity contribution in [2.24, 2.45) is 0 Å². The van der Waals surface area contributed by atoms with Crippen molar-refractivity contribution in [1.29, 1.82) is 0 Å². The number of thioether (sulfide) groups is 1. The minimum atomic E-state index is -0.201. The molecule has 1 nitrogen and oxygen atoms in total. The summed E-state index contributed by atoms with van der Waals surface area (Å²) in [6.45, 7) is 0. The molecular formula is C14H8Cl4OS2. The first-order chi connectivity index (χ1) is 9.99. The van der Waals surface area contributed by atoms with Gasteiger partial charge in [0.25, 0.3) is 0 Å². The van der Waals surface area contributed by atoms with Gasteiger partial charge in [0, 0.05) is 10.6 Å². The van der Waals surface area contributed by atoms with Gasteiger partial charge in [0.05, 0.1) is 30.5 Å². The number of aryl methyl sites for hydroxylation is 1. The number of halogens is 4. The van der Waals surface area contributed by atoms with Crippen molar-refractivity contribution in [3.8, 4) is 0 Å². The quantitative estimate of drug-likeness (QED) is 0.332. The minimum absolute atomic E-state index is 0.111. The number of ketones is 1. The normalized spacial score (nSPS) is 14.1. The van der Waals surface area contributed by atoms with Crippen LogP contribution in [0, 0.1) is 0 Å². The Morgan fingerprint density at radius 2 is 1.81 bits per heavy atom. The third-order valence-electron chi connectivity index (χ3n) is 3.19. The van der Waals surface area contributed by atoms with Gasteiger partial charge in [0.2, 0.25) is 5.78 Å². The molecule has 0 amide bonds. The van der Waals surface area contributed by atoms with Crippen LogP contribution in [0.15, 0.2) is 12.1 Å². The molecule has 0 unspecified atom stereocenters. The average molecular weight is 398 g/mol. The van der Waals surface area contributed by atoms with Gasteiger partial charge in [0.15, 0.2) is 0 Å². The summed E-state index contributed by atoms with van der Waals surface area (Å²) >= 11 is 27.6. The molecule has 3 rings (SSSR count). The van der Waals surface area contributed by atoms with Crippen molar-refractivity contribution in [1.82, 2.24) is 0 Å². The van der Waals surface area contributed by atoms with Crippen LogP contribution < -0.4 is 0 Å². The predicted octanol–water partition coefficient (Wildman–Crippen LogP) is 6.38. The second-order valence-corrected chi connectivity index (χ2v) is 8.35. The molecular weight excluding hydrogens is 390 g/mol. The van der Waals surface area contributed by atoms with Crippen molar-refractivity contribution < 1.29 is 4.79 Å². The molecule has 2 aromatic rings. The monoisotopic (exact) mass is 396 g/mol. The Hall–Kier alpha value is 0.1000. The van der Waals surface area contributed by atoms with E-state index < -0.39 is 0 Å². The number of thiophene rings is 1. The molecule has 1 aromatic carbocycles. The fourth-order valence-corrected chi connectivity index (χ4v) is 5.56. The SMILES string of the molecule is O=C(c1cc2c(s1)CCSC2)c1c(Cl)cc(Cl)c(Cl)c1Cl. The third kappa shape index (κ3) is 2.97. The number of hydrogen-bond acceptors (Lipinski definition) is 3. The molecule has 0 aliphatic carbocycles. The number of rotatable bonds is 2. The van der Waals surface area contributed by atoms with E-state index in [0.29, 0.717) is 4.88 Å². The zero-order valence-electron chi connectivity index (χ0n) is 10.5. The average Bonchev–Trinajstić information content (AvgIpc) is 2.88. The van der Waals surface area contributed by atoms with Crippen LogP contribution in [0.3, 0.4) is 0 Å². The first kappa shape index (κ1) is 16.0. The first-order valence-electron chi connectivity index (χ1n) is 6.06. The van der Waals surface area contributed by atoms with Crippen LogP contribution in [0.25, 0.3) is 0 Å². The van der Waals surface area contributed by atoms with Gasteiger partial charge in [-0.2, -0.15) is 11.8 Å². The van der Waals surface area contributed by atoms with Gasteiger partial charge in [-0.05, 0) is 29.9 Å². The summed E-state index contributed by atoms with van der Waals surface area (Å²) in [6.07, 6.45) is 1.00. The van der Waals surface area contributed by atoms with E-state index in [9.17, 15) is 4.79 Å². The summed E-state index contributed by atoms with van der Waals surface area (Å²) in [5, 5.41) is 0.730. The minimum Gasteiger partial charge on any atom is -0.288 e. The highest BCUT2D eigenvalue weighted by molar-refractivity contribution is 7.98. The standard InChI is InChI=1S/C14H8Cl4OS2/c15-7-4-8(16)12(17)13(18)11(7)14(19)10-3-6-5-20-2-1-9(6)21-10/h3-4H,1-2,5H2. The van der Waals surface area contributed by atoms with Gasteiger partial charge in [-0.15, -0.1) is 11.3 Å². The van der Waals surface area contributed by atoms with Crippen molar-refractivity contribution in [2.45, 2.75) is 12.2 Å². The summed E-state index contributed by atoms with van der Waals surface area (Å²) < 4.78 is 0. The smallest absolute Gasteiger partial charge is 0.206 e. The Morgan fingerprint density at radius 1 is 1.05 bits per heavy atom. The molecule has 1 aromatic heterocycles. The molecule has 0 fully saturated rings. The maximum atomic E-state index is 12.7. The van der Waals surface area contributed by atoms with Crippen LogP contribution in [0.1, 0.15) is 25.7 Å². The summed E-state index contributed by atoms with van der Waals surface area (Å²) in [6, 6.07) is 3.39. The summed E-state index contributed by atoms with van der Waals surface area (Å²) in [7, 11) is 0. The topological polar surface area (TPSA) is 17.1 Å². The maximum absolute atomic E-state index is 12.7. The van der Waals surface area contributed by atoms with Crippen LogP contribution in [-0.4, -0.2) is 11.5 Å². The van der Waals surface area contributed by atoms with E-state index in [1.807, 2.05) is 17.8 Å². The van der Waals surface area contributed by atoms with E-state index in [4.69, 9.17) is 46.4 Å². The van der Waals surface area contributed by atoms with Crippen molar-refractivity contribution >= 4 is 75.3 Å². The Morgan fingerprint density at radius 3 is 2.52 bits per heavy atom. The van der Waals surface area contributed by atoms with Crippen molar-refractivity contribution in [2.75, 3.05) is 5.75 Å². The molecule has 7 heteroatoms. The highest BCUT2D eigenvalue weighted by Crippen LogP contribution is 2.40. The zero-order valence-corrected chi connectivity index (χ0v) is 15.2. The number of benzene rings is 1. The lowest BCUT2D eigenvalue weighted by Crippen LogP contribution is -2.01. The lowest BCUT2D eigenvalue weighted by Gasteiger charge is -2.08. The zero-order chi connectivity index (χ0) is 15.1. The summed E-state index contributed by atoms with van der Waals surface area (Å²) in [5.41, 5.74) is 1.45. The third-order valence-corrected chi connectivity index (χ3v) is 7.00. The molecule has 110 valence electrons. The van der Waals surface area contributed by atoms with E-state index in [1.165, 1.54) is 27.8 Å². The van der Waals surface area contributed by atoms with Crippen LogP contribution in [0.4, 0.5) is 0 Å². The van der Waals surface area contributed by atoms with Gasteiger partial charge >= 0.3 is 0 Å². The largest absolute Gasteiger partial charge is 0.288 e. The molecule has 1 aliphatic rings. The Balaban J connectivity index is 2.07. The molecule has 2 heterocycles. The molecule has 0 spiro atoms. The van der Waals surface area contributed by atoms with Gasteiger partial charge in [-0.3, -0.25) is 4.79 Å². The highest BCUT2D eigenvalue weighted by atomic mass is 35.5. The lowest BCUT2D eigenvalue weighted by atomic mass is 10.1. The molecule has 0 saturated carbocycles. The van der Waals surface area contributed by atoms with Crippen LogP contribution in [0.2, 0.25) is 20.1 Å². The molecule has 0 N–H and O–H groups in total. The van der Waals surface area contributed by atoms with Gasteiger partial charge in [-0.1, -0.05) is 46.4 Å². The molecule has 0 saturated heterocycles. The van der Waals surface area contributed by atoms with E-state index in [0.717, 1.165) is 17.9 Å². The Kier molecular flexibility index (Phi) is 4.80. The molecule has 1 aliphatic heterocycles. The highest BCUT2D eigenvalue weighted by Gasteiger charge is 2.24. The first-order valence-corrected chi connectivity index (χ1v) is 9.54. The van der Waals surface area contributed by atoms with Gasteiger partial charge in [-0.25, -0.2) is 0 Å². The van der Waals surface area contributed by atoms with Crippen molar-refractivity contribution in [3.63, 3.8) is 0 Å². The maximum Gasteiger partial charge on any atom is 0.206 e. The van der Waals surface area contributed by atoms with Crippen LogP contribution in [-0.2, 0) is 12.2 Å². The second-order valence-electron chi connectivity index (χ2n) is 4.53. The molecule has 0 bridgehead atoms. The van der Waals surface area contributed by atoms with Crippen LogP contribution >= 0.6 is 69.5 Å². The summed E-state index contributed by atoms with van der Waals surface area (Å²) in [5.74, 6) is 1.84. The van der Waals surface area contributed by atoms with E-state index in [1.54, 1.807) is 0 Å². The van der Waals surface area contributed by atoms with Crippen LogP contribution in [0.5, 0.6) is 0 Å². The fourth-order valence-electron chi connectivity index (χ4n) is 2.16. The number of carbonyl (C=O) groups excluding carboxylic acids is 1. The molecule has 21 heavy (non-hydrogen) atoms. The van der Waals surface area contributed by atoms with E-state index in [-0.39, 0.29) is 31.4 Å². The fraction of sp³-hybridized carbons (Fsp3) is 0.214. The molecule has 0 radical (unpaired) electrons. The summed E-state index contributed by atoms with van der Waals surface area (Å²) in [4.78, 5) is 14.6. The lowest BCUT2D eigenvalue weighted by molar-refractivity contribution is 0.104.